The molecule has 35 heavy (non-hydrogen) atoms. The third-order valence-corrected chi connectivity index (χ3v) is 6.18. The van der Waals surface area contributed by atoms with Gasteiger partial charge in [0.15, 0.2) is 11.5 Å². The maximum atomic E-state index is 6.70. The fraction of sp³-hybridized carbons (Fsp3) is 0.583. The molecule has 2 aromatic rings. The normalized spacial score (nSPS) is 16.3. The van der Waals surface area contributed by atoms with Crippen LogP contribution in [0.2, 0.25) is 0 Å². The summed E-state index contributed by atoms with van der Waals surface area (Å²) >= 11 is 0. The van der Waals surface area contributed by atoms with E-state index in [1.807, 2.05) is 13.1 Å². The van der Waals surface area contributed by atoms with Crippen LogP contribution in [0.1, 0.15) is 44.7 Å². The molecule has 2 aromatic heterocycles. The summed E-state index contributed by atoms with van der Waals surface area (Å²) < 4.78 is 5.54. The predicted octanol–water partition coefficient (Wildman–Crippen LogP) is 0.820. The second-order valence-corrected chi connectivity index (χ2v) is 8.71. The van der Waals surface area contributed by atoms with E-state index >= 15 is 0 Å². The Balaban J connectivity index is 1.65. The Labute approximate surface area is 206 Å². The molecule has 5 N–H and O–H groups in total. The van der Waals surface area contributed by atoms with Gasteiger partial charge in [-0.05, 0) is 25.8 Å². The third-order valence-electron chi connectivity index (χ3n) is 6.18. The Bertz CT molecular complexity index is 978. The molecular formula is C24H37N10O+. The first kappa shape index (κ1) is 24.9. The van der Waals surface area contributed by atoms with Gasteiger partial charge in [0.25, 0.3) is 0 Å². The van der Waals surface area contributed by atoms with Crippen LogP contribution >= 0.6 is 0 Å². The largest absolute Gasteiger partial charge is 0.380 e. The molecule has 1 saturated carbocycles. The minimum atomic E-state index is 0.495. The molecule has 1 fully saturated rings. The zero-order chi connectivity index (χ0) is 24.3. The highest BCUT2D eigenvalue weighted by Gasteiger charge is 2.25. The van der Waals surface area contributed by atoms with Crippen LogP contribution in [-0.2, 0) is 4.74 Å². The first-order chi connectivity index (χ1) is 17.2. The van der Waals surface area contributed by atoms with Crippen molar-refractivity contribution in [2.24, 2.45) is 4.99 Å². The summed E-state index contributed by atoms with van der Waals surface area (Å²) in [5, 5.41) is 17.1. The molecule has 0 aromatic carbocycles. The standard InChI is InChI=1S/C24H36N10O/c1-2-35-15-12-28-22-21(19(25)16-29-18-6-4-3-5-7-18)32-24(34-13-10-26-11-14-34)33-23(22)31-20-8-9-27-17-30-20/h8-10,17-18,25,28-29H,2-7,11-16H2,1H3,(H,27,30,31,32,33)/p+1. The molecular weight excluding hydrogens is 444 g/mol. The topological polar surface area (TPSA) is 138 Å². The Hall–Kier alpha value is -3.18. The summed E-state index contributed by atoms with van der Waals surface area (Å²) in [6.07, 6.45) is 11.3. The van der Waals surface area contributed by atoms with E-state index in [9.17, 15) is 0 Å². The Morgan fingerprint density at radius 3 is 2.86 bits per heavy atom. The number of ether oxygens (including phenoxy) is 1. The van der Waals surface area contributed by atoms with Gasteiger partial charge in [-0.3, -0.25) is 10.4 Å². The van der Waals surface area contributed by atoms with E-state index in [-0.39, 0.29) is 0 Å². The SMILES string of the molecule is CCOCCNc1c(Nc2ccncn2)nc(N2CC=NCC2)nc1C(=[NH2+])CNC1CCCCC1. The van der Waals surface area contributed by atoms with E-state index in [4.69, 9.17) is 20.1 Å². The molecule has 1 aliphatic carbocycles. The molecule has 3 heterocycles. The molecule has 0 radical (unpaired) electrons. The van der Waals surface area contributed by atoms with Gasteiger partial charge in [0, 0.05) is 38.1 Å². The van der Waals surface area contributed by atoms with E-state index < -0.39 is 0 Å². The number of hydrogen-bond acceptors (Lipinski definition) is 10. The zero-order valence-corrected chi connectivity index (χ0v) is 20.5. The van der Waals surface area contributed by atoms with Crippen molar-refractivity contribution in [3.05, 3.63) is 24.3 Å². The Kier molecular flexibility index (Phi) is 9.30. The van der Waals surface area contributed by atoms with Crippen molar-refractivity contribution in [1.82, 2.24) is 25.3 Å². The number of nitrogens with one attached hydrogen (secondary N) is 3. The van der Waals surface area contributed by atoms with Gasteiger partial charge in [0.2, 0.25) is 11.7 Å². The number of hydrogen-bond donors (Lipinski definition) is 4. The monoisotopic (exact) mass is 481 g/mol. The van der Waals surface area contributed by atoms with Crippen molar-refractivity contribution >= 4 is 35.2 Å². The van der Waals surface area contributed by atoms with Crippen molar-refractivity contribution in [3.63, 3.8) is 0 Å². The molecule has 11 heteroatoms. The molecule has 0 atom stereocenters. The number of aliphatic imine (C=N–C) groups is 1. The van der Waals surface area contributed by atoms with Crippen LogP contribution < -0.4 is 26.3 Å². The molecule has 0 bridgehead atoms. The van der Waals surface area contributed by atoms with Gasteiger partial charge in [-0.15, -0.1) is 0 Å². The number of anilines is 4. The van der Waals surface area contributed by atoms with E-state index in [2.05, 4.69) is 35.8 Å². The lowest BCUT2D eigenvalue weighted by Gasteiger charge is -2.25. The van der Waals surface area contributed by atoms with Gasteiger partial charge in [0.05, 0.1) is 26.2 Å². The van der Waals surface area contributed by atoms with Crippen LogP contribution in [0.3, 0.4) is 0 Å². The lowest BCUT2D eigenvalue weighted by atomic mass is 9.95. The van der Waals surface area contributed by atoms with Crippen LogP contribution in [0.4, 0.5) is 23.3 Å². The Morgan fingerprint density at radius 1 is 1.23 bits per heavy atom. The highest BCUT2D eigenvalue weighted by Crippen LogP contribution is 2.29. The van der Waals surface area contributed by atoms with Crippen molar-refractivity contribution in [3.8, 4) is 0 Å². The van der Waals surface area contributed by atoms with Crippen molar-refractivity contribution < 1.29 is 10.1 Å². The molecule has 188 valence electrons. The molecule has 0 spiro atoms. The molecule has 2 aliphatic rings. The van der Waals surface area contributed by atoms with Gasteiger partial charge < -0.3 is 25.6 Å². The number of nitrogens with zero attached hydrogens (tertiary/aromatic N) is 6. The second-order valence-electron chi connectivity index (χ2n) is 8.71. The van der Waals surface area contributed by atoms with Crippen LogP contribution in [-0.4, -0.2) is 83.8 Å². The summed E-state index contributed by atoms with van der Waals surface area (Å²) in [6.45, 7) is 6.49. The van der Waals surface area contributed by atoms with Crippen LogP contribution in [0.15, 0.2) is 23.6 Å². The number of nitrogens with two attached hydrogens (primary N) is 1. The zero-order valence-electron chi connectivity index (χ0n) is 20.5. The average molecular weight is 482 g/mol. The van der Waals surface area contributed by atoms with Crippen molar-refractivity contribution in [2.45, 2.75) is 45.1 Å². The molecule has 4 rings (SSSR count). The maximum absolute atomic E-state index is 6.70. The highest BCUT2D eigenvalue weighted by atomic mass is 16.5. The molecule has 11 nitrogen and oxygen atoms in total. The maximum Gasteiger partial charge on any atom is 0.228 e. The van der Waals surface area contributed by atoms with Crippen LogP contribution in [0.5, 0.6) is 0 Å². The quantitative estimate of drug-likeness (QED) is 0.256. The first-order valence-electron chi connectivity index (χ1n) is 12.6. The minimum absolute atomic E-state index is 0.495. The van der Waals surface area contributed by atoms with Gasteiger partial charge in [-0.25, -0.2) is 15.0 Å². The average Bonchev–Trinajstić information content (AvgIpc) is 2.92. The number of aromatic nitrogens is 4. The fourth-order valence-corrected chi connectivity index (χ4v) is 4.30. The molecule has 0 unspecified atom stereocenters. The second kappa shape index (κ2) is 13.1. The van der Waals surface area contributed by atoms with E-state index in [0.717, 1.165) is 12.2 Å². The van der Waals surface area contributed by atoms with E-state index in [0.29, 0.717) is 74.4 Å². The molecule has 0 amide bonds. The predicted molar refractivity (Wildman–Crippen MR) is 139 cm³/mol. The lowest BCUT2D eigenvalue weighted by molar-refractivity contribution is -0.114. The summed E-state index contributed by atoms with van der Waals surface area (Å²) in [7, 11) is 0. The lowest BCUT2D eigenvalue weighted by Crippen LogP contribution is -2.49. The van der Waals surface area contributed by atoms with E-state index in [1.54, 1.807) is 12.3 Å². The third kappa shape index (κ3) is 7.15. The highest BCUT2D eigenvalue weighted by molar-refractivity contribution is 6.03. The first-order valence-corrected chi connectivity index (χ1v) is 12.6. The fourth-order valence-electron chi connectivity index (χ4n) is 4.30. The molecule has 1 aliphatic heterocycles. The van der Waals surface area contributed by atoms with Gasteiger partial charge in [-0.2, -0.15) is 4.98 Å². The summed E-state index contributed by atoms with van der Waals surface area (Å²) in [5.74, 6) is 1.87. The van der Waals surface area contributed by atoms with Gasteiger partial charge in [-0.1, -0.05) is 19.3 Å². The van der Waals surface area contributed by atoms with Crippen LogP contribution in [0, 0.1) is 0 Å². The summed E-state index contributed by atoms with van der Waals surface area (Å²) in [4.78, 5) is 24.6. The van der Waals surface area contributed by atoms with Crippen LogP contribution in [0.25, 0.3) is 0 Å². The Morgan fingerprint density at radius 2 is 2.11 bits per heavy atom. The summed E-state index contributed by atoms with van der Waals surface area (Å²) in [6, 6.07) is 2.30. The smallest absolute Gasteiger partial charge is 0.228 e. The van der Waals surface area contributed by atoms with E-state index in [1.165, 1.54) is 38.4 Å². The van der Waals surface area contributed by atoms with Gasteiger partial charge in [0.1, 0.15) is 17.8 Å². The number of rotatable bonds is 12. The van der Waals surface area contributed by atoms with Gasteiger partial charge >= 0.3 is 0 Å². The van der Waals surface area contributed by atoms with Crippen molar-refractivity contribution in [1.29, 1.82) is 0 Å². The minimum Gasteiger partial charge on any atom is -0.380 e. The van der Waals surface area contributed by atoms with Crippen molar-refractivity contribution in [2.75, 3.05) is 61.5 Å². The summed E-state index contributed by atoms with van der Waals surface area (Å²) in [5.41, 5.74) is 2.10. The molecule has 0 saturated heterocycles.